The quantitative estimate of drug-likeness (QED) is 0.790. The van der Waals surface area contributed by atoms with Crippen LogP contribution in [0.1, 0.15) is 36.5 Å². The van der Waals surface area contributed by atoms with E-state index in [2.05, 4.69) is 30.3 Å². The maximum absolute atomic E-state index is 10.1. The van der Waals surface area contributed by atoms with Gasteiger partial charge in [-0.25, -0.2) is 0 Å². The van der Waals surface area contributed by atoms with Crippen molar-refractivity contribution in [3.05, 3.63) is 35.2 Å². The minimum atomic E-state index is -0.123. The average Bonchev–Trinajstić information content (AvgIpc) is 2.73. The summed E-state index contributed by atoms with van der Waals surface area (Å²) in [5.74, 6) is 0.381. The van der Waals surface area contributed by atoms with Crippen LogP contribution in [0, 0.1) is 0 Å². The predicted octanol–water partition coefficient (Wildman–Crippen LogP) is 3.92. The number of hydrogen-bond donors (Lipinski definition) is 1. The number of aliphatic hydroxyl groups excluding tert-OH is 1. The summed E-state index contributed by atoms with van der Waals surface area (Å²) in [6, 6.07) is 10.7. The molecule has 2 heteroatoms. The molecule has 16 heavy (non-hydrogen) atoms. The Morgan fingerprint density at radius 2 is 1.94 bits per heavy atom. The fourth-order valence-electron chi connectivity index (χ4n) is 2.63. The Kier molecular flexibility index (Phi) is 2.70. The lowest BCUT2D eigenvalue weighted by Gasteiger charge is -2.26. The summed E-state index contributed by atoms with van der Waals surface area (Å²) in [6.07, 6.45) is 4.44. The van der Waals surface area contributed by atoms with Crippen molar-refractivity contribution in [2.24, 2.45) is 0 Å². The molecule has 3 rings (SSSR count). The van der Waals surface area contributed by atoms with Gasteiger partial charge in [-0.05, 0) is 30.4 Å². The Labute approximate surface area is 99.7 Å². The lowest BCUT2D eigenvalue weighted by molar-refractivity contribution is 0.107. The van der Waals surface area contributed by atoms with Crippen molar-refractivity contribution in [3.63, 3.8) is 0 Å². The van der Waals surface area contributed by atoms with Crippen LogP contribution in [0.15, 0.2) is 30.3 Å². The highest BCUT2D eigenvalue weighted by atomic mass is 32.1. The molecule has 2 unspecified atom stereocenters. The summed E-state index contributed by atoms with van der Waals surface area (Å²) in [5, 5.41) is 11.4. The van der Waals surface area contributed by atoms with E-state index < -0.39 is 0 Å². The van der Waals surface area contributed by atoms with Crippen LogP contribution in [0.5, 0.6) is 0 Å². The molecule has 1 heterocycles. The first-order valence-electron chi connectivity index (χ1n) is 6.01. The molecule has 1 fully saturated rings. The summed E-state index contributed by atoms with van der Waals surface area (Å²) >= 11 is 1.85. The maximum Gasteiger partial charge on any atom is 0.0616 e. The molecule has 0 saturated heterocycles. The molecule has 0 spiro atoms. The predicted molar refractivity (Wildman–Crippen MR) is 69.0 cm³/mol. The van der Waals surface area contributed by atoms with E-state index in [1.54, 1.807) is 0 Å². The van der Waals surface area contributed by atoms with Gasteiger partial charge in [0.05, 0.1) is 6.10 Å². The highest BCUT2D eigenvalue weighted by molar-refractivity contribution is 7.19. The number of aliphatic hydroxyl groups is 1. The first-order valence-corrected chi connectivity index (χ1v) is 6.83. The van der Waals surface area contributed by atoms with Gasteiger partial charge in [0, 0.05) is 15.5 Å². The summed E-state index contributed by atoms with van der Waals surface area (Å²) in [4.78, 5) is 1.37. The second-order valence-corrected chi connectivity index (χ2v) is 5.76. The lowest BCUT2D eigenvalue weighted by Crippen LogP contribution is -2.21. The van der Waals surface area contributed by atoms with Crippen molar-refractivity contribution in [2.45, 2.75) is 37.7 Å². The molecule has 1 saturated carbocycles. The van der Waals surface area contributed by atoms with E-state index in [0.717, 1.165) is 12.8 Å². The van der Waals surface area contributed by atoms with Gasteiger partial charge >= 0.3 is 0 Å². The number of fused-ring (bicyclic) bond motifs is 1. The zero-order valence-corrected chi connectivity index (χ0v) is 10.0. The number of rotatable bonds is 1. The standard InChI is InChI=1S/C14H16OS/c15-12-7-3-2-6-11(12)14-9-10-5-1-4-8-13(10)16-14/h1,4-5,8-9,11-12,15H,2-3,6-7H2. The summed E-state index contributed by atoms with van der Waals surface area (Å²) in [5.41, 5.74) is 0. The molecule has 0 aliphatic heterocycles. The third kappa shape index (κ3) is 1.76. The van der Waals surface area contributed by atoms with Crippen molar-refractivity contribution in [1.82, 2.24) is 0 Å². The third-order valence-electron chi connectivity index (χ3n) is 3.54. The minimum absolute atomic E-state index is 0.123. The molecule has 1 aliphatic rings. The zero-order chi connectivity index (χ0) is 11.0. The van der Waals surface area contributed by atoms with Crippen LogP contribution < -0.4 is 0 Å². The first kappa shape index (κ1) is 10.3. The fourth-order valence-corrected chi connectivity index (χ4v) is 3.89. The highest BCUT2D eigenvalue weighted by Crippen LogP contribution is 2.38. The van der Waals surface area contributed by atoms with Gasteiger partial charge in [0.25, 0.3) is 0 Å². The zero-order valence-electron chi connectivity index (χ0n) is 9.23. The Bertz CT molecular complexity index is 455. The Hall–Kier alpha value is -0.860. The second kappa shape index (κ2) is 4.19. The summed E-state index contributed by atoms with van der Waals surface area (Å²) in [6.45, 7) is 0. The molecular formula is C14H16OS. The van der Waals surface area contributed by atoms with Gasteiger partial charge in [-0.15, -0.1) is 11.3 Å². The van der Waals surface area contributed by atoms with Crippen molar-refractivity contribution < 1.29 is 5.11 Å². The normalized spacial score (nSPS) is 26.1. The molecule has 1 aliphatic carbocycles. The van der Waals surface area contributed by atoms with Gasteiger partial charge in [0.2, 0.25) is 0 Å². The molecule has 1 nitrogen and oxygen atoms in total. The molecule has 0 radical (unpaired) electrons. The third-order valence-corrected chi connectivity index (χ3v) is 4.79. The van der Waals surface area contributed by atoms with E-state index >= 15 is 0 Å². The Morgan fingerprint density at radius 3 is 2.75 bits per heavy atom. The molecule has 2 atom stereocenters. The van der Waals surface area contributed by atoms with Crippen LogP contribution in [0.2, 0.25) is 0 Å². The average molecular weight is 232 g/mol. The second-order valence-electron chi connectivity index (χ2n) is 4.64. The van der Waals surface area contributed by atoms with Crippen LogP contribution in [-0.2, 0) is 0 Å². The van der Waals surface area contributed by atoms with Crippen molar-refractivity contribution in [2.75, 3.05) is 0 Å². The topological polar surface area (TPSA) is 20.2 Å². The van der Waals surface area contributed by atoms with Gasteiger partial charge in [-0.3, -0.25) is 0 Å². The molecule has 84 valence electrons. The fraction of sp³-hybridized carbons (Fsp3) is 0.429. The van der Waals surface area contributed by atoms with E-state index in [0.29, 0.717) is 5.92 Å². The maximum atomic E-state index is 10.1. The Morgan fingerprint density at radius 1 is 1.12 bits per heavy atom. The van der Waals surface area contributed by atoms with Crippen molar-refractivity contribution in [1.29, 1.82) is 0 Å². The monoisotopic (exact) mass is 232 g/mol. The molecule has 1 aromatic heterocycles. The van der Waals surface area contributed by atoms with E-state index in [1.165, 1.54) is 27.8 Å². The van der Waals surface area contributed by atoms with E-state index in [9.17, 15) is 5.11 Å². The SMILES string of the molecule is OC1CCCCC1c1cc2ccccc2s1. The Balaban J connectivity index is 1.98. The van der Waals surface area contributed by atoms with Gasteiger partial charge in [0.15, 0.2) is 0 Å². The molecule has 0 bridgehead atoms. The molecular weight excluding hydrogens is 216 g/mol. The minimum Gasteiger partial charge on any atom is -0.392 e. The summed E-state index contributed by atoms with van der Waals surface area (Å²) in [7, 11) is 0. The molecule has 0 amide bonds. The van der Waals surface area contributed by atoms with Gasteiger partial charge < -0.3 is 5.11 Å². The van der Waals surface area contributed by atoms with Gasteiger partial charge in [-0.1, -0.05) is 31.0 Å². The van der Waals surface area contributed by atoms with E-state index in [-0.39, 0.29) is 6.10 Å². The highest BCUT2D eigenvalue weighted by Gasteiger charge is 2.25. The summed E-state index contributed by atoms with van der Waals surface area (Å²) < 4.78 is 1.34. The van der Waals surface area contributed by atoms with Crippen LogP contribution in [0.3, 0.4) is 0 Å². The van der Waals surface area contributed by atoms with Gasteiger partial charge in [0.1, 0.15) is 0 Å². The van der Waals surface area contributed by atoms with E-state index in [1.807, 2.05) is 11.3 Å². The van der Waals surface area contributed by atoms with Crippen molar-refractivity contribution in [3.8, 4) is 0 Å². The number of thiophene rings is 1. The first-order chi connectivity index (χ1) is 7.84. The van der Waals surface area contributed by atoms with E-state index in [4.69, 9.17) is 0 Å². The number of benzene rings is 1. The lowest BCUT2D eigenvalue weighted by atomic mass is 9.85. The van der Waals surface area contributed by atoms with Crippen LogP contribution in [-0.4, -0.2) is 11.2 Å². The molecule has 1 aromatic carbocycles. The van der Waals surface area contributed by atoms with Crippen molar-refractivity contribution >= 4 is 21.4 Å². The van der Waals surface area contributed by atoms with Crippen LogP contribution in [0.25, 0.3) is 10.1 Å². The molecule has 1 N–H and O–H groups in total. The molecule has 2 aromatic rings. The van der Waals surface area contributed by atoms with Crippen LogP contribution >= 0.6 is 11.3 Å². The largest absolute Gasteiger partial charge is 0.392 e. The number of hydrogen-bond acceptors (Lipinski definition) is 2. The van der Waals surface area contributed by atoms with Gasteiger partial charge in [-0.2, -0.15) is 0 Å². The smallest absolute Gasteiger partial charge is 0.0616 e. The van der Waals surface area contributed by atoms with Crippen LogP contribution in [0.4, 0.5) is 0 Å².